The van der Waals surface area contributed by atoms with E-state index in [-0.39, 0.29) is 17.4 Å². The third-order valence-electron chi connectivity index (χ3n) is 4.41. The summed E-state index contributed by atoms with van der Waals surface area (Å²) in [5, 5.41) is 2.83. The van der Waals surface area contributed by atoms with Gasteiger partial charge in [-0.25, -0.2) is 4.98 Å². The first kappa shape index (κ1) is 15.4. The Hall–Kier alpha value is -0.980. The van der Waals surface area contributed by atoms with Crippen LogP contribution in [-0.4, -0.2) is 41.1 Å². The van der Waals surface area contributed by atoms with Crippen molar-refractivity contribution >= 4 is 17.2 Å². The van der Waals surface area contributed by atoms with E-state index in [1.165, 1.54) is 0 Å². The summed E-state index contributed by atoms with van der Waals surface area (Å²) < 4.78 is 5.66. The standard InChI is InChI=1S/C14H23N3O2S/c1-5-19-10-8-14(15,13(10,2)3)12(18)17(4)9-11-16-6-7-20-11/h6-7,10H,5,8-9,15H2,1-4H3. The van der Waals surface area contributed by atoms with Crippen LogP contribution in [0, 0.1) is 5.41 Å². The van der Waals surface area contributed by atoms with Crippen LogP contribution in [0.25, 0.3) is 0 Å². The van der Waals surface area contributed by atoms with Gasteiger partial charge in [-0.15, -0.1) is 11.3 Å². The molecule has 2 N–H and O–H groups in total. The Morgan fingerprint density at radius 1 is 1.65 bits per heavy atom. The van der Waals surface area contributed by atoms with Crippen LogP contribution in [-0.2, 0) is 16.1 Å². The normalized spacial score (nSPS) is 27.9. The van der Waals surface area contributed by atoms with Gasteiger partial charge in [0, 0.05) is 37.1 Å². The summed E-state index contributed by atoms with van der Waals surface area (Å²) >= 11 is 1.54. The molecule has 2 atom stereocenters. The highest BCUT2D eigenvalue weighted by molar-refractivity contribution is 7.09. The third kappa shape index (κ3) is 2.36. The fourth-order valence-electron chi connectivity index (χ4n) is 2.74. The Labute approximate surface area is 124 Å². The lowest BCUT2D eigenvalue weighted by molar-refractivity contribution is -0.178. The average molecular weight is 297 g/mol. The highest BCUT2D eigenvalue weighted by Crippen LogP contribution is 2.50. The molecule has 0 aromatic carbocycles. The van der Waals surface area contributed by atoms with Crippen LogP contribution >= 0.6 is 11.3 Å². The first-order chi connectivity index (χ1) is 9.33. The number of likely N-dealkylation sites (N-methyl/N-ethyl adjacent to an activating group) is 1. The zero-order valence-corrected chi connectivity index (χ0v) is 13.4. The second kappa shape index (κ2) is 5.42. The Balaban J connectivity index is 2.05. The number of hydrogen-bond acceptors (Lipinski definition) is 5. The molecule has 0 saturated heterocycles. The van der Waals surface area contributed by atoms with Crippen LogP contribution in [0.4, 0.5) is 0 Å². The molecule has 1 heterocycles. The van der Waals surface area contributed by atoms with Gasteiger partial charge in [-0.2, -0.15) is 0 Å². The van der Waals surface area contributed by atoms with Crippen molar-refractivity contribution in [1.82, 2.24) is 9.88 Å². The molecule has 1 aliphatic rings. The Morgan fingerprint density at radius 3 is 2.85 bits per heavy atom. The molecule has 6 heteroatoms. The van der Waals surface area contributed by atoms with Gasteiger partial charge in [0.2, 0.25) is 5.91 Å². The van der Waals surface area contributed by atoms with Gasteiger partial charge in [0.05, 0.1) is 12.6 Å². The van der Waals surface area contributed by atoms with Gasteiger partial charge in [-0.3, -0.25) is 4.79 Å². The van der Waals surface area contributed by atoms with E-state index >= 15 is 0 Å². The highest BCUT2D eigenvalue weighted by Gasteiger charge is 2.63. The molecular formula is C14H23N3O2S. The third-order valence-corrected chi connectivity index (χ3v) is 5.18. The zero-order chi connectivity index (χ0) is 15.0. The summed E-state index contributed by atoms with van der Waals surface area (Å²) in [5.74, 6) is -0.0337. The number of rotatable bonds is 5. The minimum absolute atomic E-state index is 0.0337. The van der Waals surface area contributed by atoms with E-state index in [0.717, 1.165) is 5.01 Å². The van der Waals surface area contributed by atoms with E-state index in [2.05, 4.69) is 4.98 Å². The van der Waals surface area contributed by atoms with Gasteiger partial charge >= 0.3 is 0 Å². The SMILES string of the molecule is CCOC1CC(N)(C(=O)N(C)Cc2nccs2)C1(C)C. The molecule has 1 aliphatic carbocycles. The van der Waals surface area contributed by atoms with E-state index in [9.17, 15) is 4.79 Å². The number of carbonyl (C=O) groups is 1. The molecule has 2 rings (SSSR count). The molecule has 112 valence electrons. The van der Waals surface area contributed by atoms with Crippen molar-refractivity contribution in [1.29, 1.82) is 0 Å². The van der Waals surface area contributed by atoms with Crippen LogP contribution in [0.3, 0.4) is 0 Å². The zero-order valence-electron chi connectivity index (χ0n) is 12.5. The summed E-state index contributed by atoms with van der Waals surface area (Å²) in [6.07, 6.45) is 2.37. The fourth-order valence-corrected chi connectivity index (χ4v) is 3.41. The van der Waals surface area contributed by atoms with E-state index in [1.807, 2.05) is 26.2 Å². The van der Waals surface area contributed by atoms with Crippen molar-refractivity contribution < 1.29 is 9.53 Å². The molecule has 2 unspecified atom stereocenters. The molecule has 0 spiro atoms. The molecule has 0 bridgehead atoms. The largest absolute Gasteiger partial charge is 0.378 e. The Bertz CT molecular complexity index is 475. The number of carbonyl (C=O) groups excluding carboxylic acids is 1. The lowest BCUT2D eigenvalue weighted by Crippen LogP contribution is -2.75. The predicted octanol–water partition coefficient (Wildman–Crippen LogP) is 1.63. The van der Waals surface area contributed by atoms with Crippen LogP contribution in [0.2, 0.25) is 0 Å². The number of aromatic nitrogens is 1. The summed E-state index contributed by atoms with van der Waals surface area (Å²) in [6.45, 7) is 7.12. The maximum absolute atomic E-state index is 12.7. The second-order valence-corrected chi connectivity index (χ2v) is 6.91. The molecule has 1 aromatic rings. The molecule has 1 fully saturated rings. The van der Waals surface area contributed by atoms with E-state index < -0.39 is 5.54 Å². The van der Waals surface area contributed by atoms with Gasteiger partial charge in [0.1, 0.15) is 10.5 Å². The monoisotopic (exact) mass is 297 g/mol. The second-order valence-electron chi connectivity index (χ2n) is 5.93. The Kier molecular flexibility index (Phi) is 4.18. The molecule has 20 heavy (non-hydrogen) atoms. The first-order valence-corrected chi connectivity index (χ1v) is 7.75. The fraction of sp³-hybridized carbons (Fsp3) is 0.714. The highest BCUT2D eigenvalue weighted by atomic mass is 32.1. The quantitative estimate of drug-likeness (QED) is 0.897. The molecule has 1 amide bonds. The van der Waals surface area contributed by atoms with E-state index in [1.54, 1.807) is 29.5 Å². The summed E-state index contributed by atoms with van der Waals surface area (Å²) in [5.41, 5.74) is 5.19. The number of amides is 1. The molecule has 5 nitrogen and oxygen atoms in total. The number of nitrogens with zero attached hydrogens (tertiary/aromatic N) is 2. The van der Waals surface area contributed by atoms with Crippen molar-refractivity contribution in [3.05, 3.63) is 16.6 Å². The van der Waals surface area contributed by atoms with E-state index in [4.69, 9.17) is 10.5 Å². The van der Waals surface area contributed by atoms with Crippen molar-refractivity contribution in [2.45, 2.75) is 45.4 Å². The van der Waals surface area contributed by atoms with Gasteiger partial charge in [0.25, 0.3) is 0 Å². The number of nitrogens with two attached hydrogens (primary N) is 1. The van der Waals surface area contributed by atoms with Gasteiger partial charge < -0.3 is 15.4 Å². The lowest BCUT2D eigenvalue weighted by atomic mass is 9.54. The molecule has 0 aliphatic heterocycles. The van der Waals surface area contributed by atoms with Gasteiger partial charge in [-0.1, -0.05) is 13.8 Å². The number of ether oxygens (including phenoxy) is 1. The summed E-state index contributed by atoms with van der Waals surface area (Å²) in [4.78, 5) is 18.5. The number of thiazole rings is 1. The molecule has 1 saturated carbocycles. The van der Waals surface area contributed by atoms with Crippen molar-refractivity contribution in [2.75, 3.05) is 13.7 Å². The van der Waals surface area contributed by atoms with Crippen molar-refractivity contribution in [3.63, 3.8) is 0 Å². The van der Waals surface area contributed by atoms with Crippen molar-refractivity contribution in [2.24, 2.45) is 11.1 Å². The Morgan fingerprint density at radius 2 is 2.35 bits per heavy atom. The first-order valence-electron chi connectivity index (χ1n) is 6.87. The van der Waals surface area contributed by atoms with Crippen LogP contribution in [0.15, 0.2) is 11.6 Å². The average Bonchev–Trinajstić information content (AvgIpc) is 2.90. The van der Waals surface area contributed by atoms with E-state index in [0.29, 0.717) is 19.6 Å². The molecule has 0 radical (unpaired) electrons. The maximum Gasteiger partial charge on any atom is 0.243 e. The van der Waals surface area contributed by atoms with Crippen LogP contribution in [0.5, 0.6) is 0 Å². The molecular weight excluding hydrogens is 274 g/mol. The number of hydrogen-bond donors (Lipinski definition) is 1. The van der Waals surface area contributed by atoms with Crippen LogP contribution < -0.4 is 5.73 Å². The lowest BCUT2D eigenvalue weighted by Gasteiger charge is -2.58. The minimum Gasteiger partial charge on any atom is -0.378 e. The van der Waals surface area contributed by atoms with Crippen LogP contribution in [0.1, 0.15) is 32.2 Å². The van der Waals surface area contributed by atoms with Crippen molar-refractivity contribution in [3.8, 4) is 0 Å². The smallest absolute Gasteiger partial charge is 0.243 e. The van der Waals surface area contributed by atoms with Gasteiger partial charge in [-0.05, 0) is 6.92 Å². The maximum atomic E-state index is 12.7. The topological polar surface area (TPSA) is 68.5 Å². The summed E-state index contributed by atoms with van der Waals surface area (Å²) in [7, 11) is 1.78. The molecule has 1 aromatic heterocycles. The minimum atomic E-state index is -0.848. The summed E-state index contributed by atoms with van der Waals surface area (Å²) in [6, 6.07) is 0. The van der Waals surface area contributed by atoms with Gasteiger partial charge in [0.15, 0.2) is 0 Å². The predicted molar refractivity (Wildman–Crippen MR) is 79.3 cm³/mol.